The first-order valence-electron chi connectivity index (χ1n) is 7.13. The van der Waals surface area contributed by atoms with E-state index in [2.05, 4.69) is 4.90 Å². The number of para-hydroxylation sites is 1. The molecule has 20 heavy (non-hydrogen) atoms. The van der Waals surface area contributed by atoms with Gasteiger partial charge in [0.2, 0.25) is 0 Å². The summed E-state index contributed by atoms with van der Waals surface area (Å²) in [5.41, 5.74) is 1.92. The summed E-state index contributed by atoms with van der Waals surface area (Å²) in [5.74, 6) is 0.218. The highest BCUT2D eigenvalue weighted by molar-refractivity contribution is 6.00. The van der Waals surface area contributed by atoms with E-state index in [4.69, 9.17) is 4.74 Å². The molecule has 0 saturated carbocycles. The van der Waals surface area contributed by atoms with Crippen molar-refractivity contribution in [1.29, 1.82) is 0 Å². The van der Waals surface area contributed by atoms with Crippen LogP contribution < -0.4 is 0 Å². The minimum absolute atomic E-state index is 0.218. The maximum absolute atomic E-state index is 12.4. The number of hydrogen-bond donors (Lipinski definition) is 0. The number of fused-ring (bicyclic) bond motifs is 1. The van der Waals surface area contributed by atoms with E-state index in [0.717, 1.165) is 49.4 Å². The molecule has 1 fully saturated rings. The van der Waals surface area contributed by atoms with Gasteiger partial charge in [-0.1, -0.05) is 18.2 Å². The SMILES string of the molecule is Cn1c(C(=O)CCN2CCOCC2)cc2ccccc21. The second kappa shape index (κ2) is 5.77. The van der Waals surface area contributed by atoms with Crippen LogP contribution in [0.15, 0.2) is 30.3 Å². The van der Waals surface area contributed by atoms with Crippen molar-refractivity contribution >= 4 is 16.7 Å². The van der Waals surface area contributed by atoms with Crippen molar-refractivity contribution in [3.05, 3.63) is 36.0 Å². The first-order chi connectivity index (χ1) is 9.75. The fraction of sp³-hybridized carbons (Fsp3) is 0.438. The number of morpholine rings is 1. The van der Waals surface area contributed by atoms with Gasteiger partial charge in [0.25, 0.3) is 0 Å². The molecular weight excluding hydrogens is 252 g/mol. The molecule has 1 aromatic carbocycles. The van der Waals surface area contributed by atoms with Crippen LogP contribution in [0.2, 0.25) is 0 Å². The summed E-state index contributed by atoms with van der Waals surface area (Å²) >= 11 is 0. The molecule has 3 rings (SSSR count). The molecule has 0 N–H and O–H groups in total. The summed E-state index contributed by atoms with van der Waals surface area (Å²) in [7, 11) is 1.96. The Bertz CT molecular complexity index is 612. The number of benzene rings is 1. The van der Waals surface area contributed by atoms with Crippen LogP contribution in [0.25, 0.3) is 10.9 Å². The van der Waals surface area contributed by atoms with E-state index in [0.29, 0.717) is 6.42 Å². The molecule has 0 spiro atoms. The Morgan fingerprint density at radius 1 is 1.25 bits per heavy atom. The van der Waals surface area contributed by atoms with Crippen LogP contribution in [0.4, 0.5) is 0 Å². The number of nitrogens with zero attached hydrogens (tertiary/aromatic N) is 2. The number of ketones is 1. The molecule has 1 aliphatic rings. The zero-order chi connectivity index (χ0) is 13.9. The monoisotopic (exact) mass is 272 g/mol. The van der Waals surface area contributed by atoms with Gasteiger partial charge < -0.3 is 9.30 Å². The maximum Gasteiger partial charge on any atom is 0.180 e. The fourth-order valence-electron chi connectivity index (χ4n) is 2.77. The van der Waals surface area contributed by atoms with Crippen molar-refractivity contribution in [3.8, 4) is 0 Å². The highest BCUT2D eigenvalue weighted by atomic mass is 16.5. The Morgan fingerprint density at radius 2 is 2.00 bits per heavy atom. The number of hydrogen-bond acceptors (Lipinski definition) is 3. The zero-order valence-electron chi connectivity index (χ0n) is 11.8. The highest BCUT2D eigenvalue weighted by Crippen LogP contribution is 2.19. The molecule has 0 bridgehead atoms. The minimum atomic E-state index is 0.218. The number of aryl methyl sites for hydroxylation is 1. The molecule has 4 nitrogen and oxygen atoms in total. The highest BCUT2D eigenvalue weighted by Gasteiger charge is 2.16. The topological polar surface area (TPSA) is 34.5 Å². The summed E-state index contributed by atoms with van der Waals surface area (Å²) in [6.07, 6.45) is 0.574. The van der Waals surface area contributed by atoms with Gasteiger partial charge in [-0.25, -0.2) is 0 Å². The molecule has 0 radical (unpaired) electrons. The molecule has 1 saturated heterocycles. The number of rotatable bonds is 4. The van der Waals surface area contributed by atoms with Crippen LogP contribution in [0.3, 0.4) is 0 Å². The Hall–Kier alpha value is -1.65. The predicted octanol–water partition coefficient (Wildman–Crippen LogP) is 2.08. The third-order valence-electron chi connectivity index (χ3n) is 4.00. The van der Waals surface area contributed by atoms with E-state index in [1.165, 1.54) is 0 Å². The average Bonchev–Trinajstić information content (AvgIpc) is 2.84. The van der Waals surface area contributed by atoms with Gasteiger partial charge in [0.15, 0.2) is 5.78 Å². The molecule has 2 heterocycles. The summed E-state index contributed by atoms with van der Waals surface area (Å²) in [6.45, 7) is 4.25. The van der Waals surface area contributed by atoms with Gasteiger partial charge in [-0.3, -0.25) is 9.69 Å². The van der Waals surface area contributed by atoms with E-state index in [9.17, 15) is 4.79 Å². The smallest absolute Gasteiger partial charge is 0.180 e. The number of aromatic nitrogens is 1. The quantitative estimate of drug-likeness (QED) is 0.799. The standard InChI is InChI=1S/C16H20N2O2/c1-17-14-5-3-2-4-13(14)12-15(17)16(19)6-7-18-8-10-20-11-9-18/h2-5,12H,6-11H2,1H3. The molecule has 0 atom stereocenters. The molecule has 0 amide bonds. The zero-order valence-corrected chi connectivity index (χ0v) is 11.8. The molecule has 1 aromatic heterocycles. The Kier molecular flexibility index (Phi) is 3.85. The number of Topliss-reactive ketones (excluding diaryl/α,β-unsaturated/α-hetero) is 1. The van der Waals surface area contributed by atoms with E-state index in [-0.39, 0.29) is 5.78 Å². The molecule has 2 aromatic rings. The Labute approximate surface area is 118 Å². The van der Waals surface area contributed by atoms with Crippen LogP contribution in [-0.2, 0) is 11.8 Å². The van der Waals surface area contributed by atoms with E-state index in [1.54, 1.807) is 0 Å². The molecular formula is C16H20N2O2. The first-order valence-corrected chi connectivity index (χ1v) is 7.13. The Morgan fingerprint density at radius 3 is 2.75 bits per heavy atom. The molecule has 0 unspecified atom stereocenters. The van der Waals surface area contributed by atoms with Gasteiger partial charge in [0.1, 0.15) is 0 Å². The molecule has 4 heteroatoms. The van der Waals surface area contributed by atoms with E-state index >= 15 is 0 Å². The number of carbonyl (C=O) groups is 1. The fourth-order valence-corrected chi connectivity index (χ4v) is 2.77. The second-order valence-corrected chi connectivity index (χ2v) is 5.27. The van der Waals surface area contributed by atoms with Crippen molar-refractivity contribution in [1.82, 2.24) is 9.47 Å². The molecule has 1 aliphatic heterocycles. The summed E-state index contributed by atoms with van der Waals surface area (Å²) in [5, 5.41) is 1.13. The summed E-state index contributed by atoms with van der Waals surface area (Å²) in [6, 6.07) is 10.1. The van der Waals surface area contributed by atoms with Crippen molar-refractivity contribution in [2.45, 2.75) is 6.42 Å². The van der Waals surface area contributed by atoms with E-state index in [1.807, 2.05) is 41.9 Å². The van der Waals surface area contributed by atoms with Gasteiger partial charge in [0, 0.05) is 44.0 Å². The lowest BCUT2D eigenvalue weighted by Gasteiger charge is -2.26. The largest absolute Gasteiger partial charge is 0.379 e. The lowest BCUT2D eigenvalue weighted by molar-refractivity contribution is 0.0369. The third-order valence-corrected chi connectivity index (χ3v) is 4.00. The van der Waals surface area contributed by atoms with Crippen LogP contribution in [0.1, 0.15) is 16.9 Å². The summed E-state index contributed by atoms with van der Waals surface area (Å²) < 4.78 is 7.32. The number of carbonyl (C=O) groups excluding carboxylic acids is 1. The van der Waals surface area contributed by atoms with Crippen molar-refractivity contribution in [2.24, 2.45) is 7.05 Å². The lowest BCUT2D eigenvalue weighted by Crippen LogP contribution is -2.37. The van der Waals surface area contributed by atoms with E-state index < -0.39 is 0 Å². The van der Waals surface area contributed by atoms with Crippen LogP contribution in [0.5, 0.6) is 0 Å². The first kappa shape index (κ1) is 13.3. The average molecular weight is 272 g/mol. The van der Waals surface area contributed by atoms with Crippen LogP contribution >= 0.6 is 0 Å². The third kappa shape index (κ3) is 2.62. The summed E-state index contributed by atoms with van der Waals surface area (Å²) in [4.78, 5) is 14.7. The normalized spacial score (nSPS) is 16.6. The van der Waals surface area contributed by atoms with Gasteiger partial charge in [0.05, 0.1) is 18.9 Å². The van der Waals surface area contributed by atoms with Crippen molar-refractivity contribution < 1.29 is 9.53 Å². The van der Waals surface area contributed by atoms with Crippen LogP contribution in [0, 0.1) is 0 Å². The van der Waals surface area contributed by atoms with Gasteiger partial charge in [-0.05, 0) is 12.1 Å². The van der Waals surface area contributed by atoms with Crippen LogP contribution in [-0.4, -0.2) is 48.1 Å². The van der Waals surface area contributed by atoms with Crippen molar-refractivity contribution in [2.75, 3.05) is 32.8 Å². The molecule has 0 aliphatic carbocycles. The van der Waals surface area contributed by atoms with Gasteiger partial charge in [-0.2, -0.15) is 0 Å². The van der Waals surface area contributed by atoms with Crippen molar-refractivity contribution in [3.63, 3.8) is 0 Å². The predicted molar refractivity (Wildman–Crippen MR) is 79.1 cm³/mol. The minimum Gasteiger partial charge on any atom is -0.379 e. The van der Waals surface area contributed by atoms with Gasteiger partial charge in [-0.15, -0.1) is 0 Å². The lowest BCUT2D eigenvalue weighted by atomic mass is 10.2. The second-order valence-electron chi connectivity index (χ2n) is 5.27. The molecule has 106 valence electrons. The maximum atomic E-state index is 12.4. The number of ether oxygens (including phenoxy) is 1. The Balaban J connectivity index is 1.70. The van der Waals surface area contributed by atoms with Gasteiger partial charge >= 0.3 is 0 Å².